The quantitative estimate of drug-likeness (QED) is 0.258. The molecule has 0 radical (unpaired) electrons. The van der Waals surface area contributed by atoms with Crippen LogP contribution in [0.4, 0.5) is 22.0 Å². The highest BCUT2D eigenvalue weighted by Gasteiger charge is 2.35. The minimum Gasteiger partial charge on any atom is -0.416 e. The van der Waals surface area contributed by atoms with Gasteiger partial charge < -0.3 is 19.4 Å². The maximum absolute atomic E-state index is 13.1. The number of hydrogen-bond donors (Lipinski definition) is 2. The Hall–Kier alpha value is -4.46. The van der Waals surface area contributed by atoms with Gasteiger partial charge in [0.15, 0.2) is 11.5 Å². The molecular formula is C26H20F5N7O2. The van der Waals surface area contributed by atoms with Crippen LogP contribution in [0.3, 0.4) is 0 Å². The molecule has 0 aliphatic heterocycles. The van der Waals surface area contributed by atoms with E-state index in [1.54, 1.807) is 30.5 Å². The Balaban J connectivity index is 1.35. The van der Waals surface area contributed by atoms with E-state index in [0.29, 0.717) is 33.4 Å². The van der Waals surface area contributed by atoms with Gasteiger partial charge in [0.25, 0.3) is 0 Å². The number of hydrogen-bond acceptors (Lipinski definition) is 7. The van der Waals surface area contributed by atoms with Crippen LogP contribution in [0.1, 0.15) is 47.4 Å². The highest BCUT2D eigenvalue weighted by Crippen LogP contribution is 2.45. The van der Waals surface area contributed by atoms with Crippen molar-refractivity contribution in [3.8, 4) is 28.7 Å². The first-order chi connectivity index (χ1) is 19.1. The van der Waals surface area contributed by atoms with Gasteiger partial charge in [0.2, 0.25) is 5.88 Å². The highest BCUT2D eigenvalue weighted by atomic mass is 19.4. The van der Waals surface area contributed by atoms with Gasteiger partial charge in [0.1, 0.15) is 23.8 Å². The van der Waals surface area contributed by atoms with Crippen LogP contribution in [-0.4, -0.2) is 46.2 Å². The normalized spacial score (nSPS) is 14.7. The van der Waals surface area contributed by atoms with Crippen molar-refractivity contribution in [1.29, 1.82) is 0 Å². The average Bonchev–Trinajstić information content (AvgIpc) is 3.56. The van der Waals surface area contributed by atoms with E-state index in [4.69, 9.17) is 0 Å². The zero-order valence-corrected chi connectivity index (χ0v) is 20.7. The number of H-pyrrole nitrogens is 1. The molecule has 4 aromatic heterocycles. The molecule has 1 aromatic carbocycles. The van der Waals surface area contributed by atoms with Crippen LogP contribution in [-0.2, 0) is 13.2 Å². The van der Waals surface area contributed by atoms with Gasteiger partial charge in [0.05, 0.1) is 22.9 Å². The van der Waals surface area contributed by atoms with Gasteiger partial charge in [-0.15, -0.1) is 0 Å². The number of ether oxygens (including phenoxy) is 1. The predicted octanol–water partition coefficient (Wildman–Crippen LogP) is 5.39. The van der Waals surface area contributed by atoms with E-state index in [1.165, 1.54) is 17.8 Å². The lowest BCUT2D eigenvalue weighted by molar-refractivity contribution is -0.140. The zero-order chi connectivity index (χ0) is 28.2. The minimum absolute atomic E-state index is 0.0537. The SMILES string of the molecule is Cn1cc(C(F)(F)F)nc1-c1ccc([C@H](O)c2c[nH]c3cnc(-c4c(OC(F)F)ncnc4C4CC4)nc23)cc1. The van der Waals surface area contributed by atoms with Crippen LogP contribution in [0.2, 0.25) is 0 Å². The number of aliphatic hydroxyl groups is 1. The number of halogens is 5. The third kappa shape index (κ3) is 4.74. The fraction of sp³-hybridized carbons (Fsp3) is 0.269. The highest BCUT2D eigenvalue weighted by molar-refractivity contribution is 5.82. The molecule has 1 fully saturated rings. The van der Waals surface area contributed by atoms with Crippen LogP contribution >= 0.6 is 0 Å². The Labute approximate surface area is 222 Å². The van der Waals surface area contributed by atoms with Crippen molar-refractivity contribution >= 4 is 11.0 Å². The molecule has 6 rings (SSSR count). The molecule has 0 unspecified atom stereocenters. The summed E-state index contributed by atoms with van der Waals surface area (Å²) in [7, 11) is 1.47. The van der Waals surface area contributed by atoms with E-state index < -0.39 is 24.6 Å². The molecule has 0 spiro atoms. The molecule has 0 amide bonds. The lowest BCUT2D eigenvalue weighted by atomic mass is 10.0. The van der Waals surface area contributed by atoms with Crippen molar-refractivity contribution in [1.82, 2.24) is 34.5 Å². The Morgan fingerprint density at radius 1 is 1.07 bits per heavy atom. The number of aryl methyl sites for hydroxylation is 1. The van der Waals surface area contributed by atoms with E-state index in [2.05, 4.69) is 34.6 Å². The third-order valence-corrected chi connectivity index (χ3v) is 6.62. The molecule has 40 heavy (non-hydrogen) atoms. The van der Waals surface area contributed by atoms with Crippen molar-refractivity contribution in [2.75, 3.05) is 0 Å². The maximum atomic E-state index is 13.1. The largest absolute Gasteiger partial charge is 0.434 e. The second-order valence-electron chi connectivity index (χ2n) is 9.37. The molecule has 9 nitrogen and oxygen atoms in total. The summed E-state index contributed by atoms with van der Waals surface area (Å²) in [6, 6.07) is 6.28. The van der Waals surface area contributed by atoms with Crippen molar-refractivity contribution in [3.63, 3.8) is 0 Å². The van der Waals surface area contributed by atoms with Gasteiger partial charge in [-0.25, -0.2) is 24.9 Å². The number of rotatable bonds is 7. The summed E-state index contributed by atoms with van der Waals surface area (Å²) in [5.41, 5.74) is 1.77. The van der Waals surface area contributed by atoms with Crippen LogP contribution < -0.4 is 4.74 Å². The molecule has 206 valence electrons. The molecule has 1 aliphatic rings. The topological polar surface area (TPSA) is 115 Å². The molecule has 0 bridgehead atoms. The number of alkyl halides is 5. The summed E-state index contributed by atoms with van der Waals surface area (Å²) in [5.74, 6) is -0.0824. The minimum atomic E-state index is -4.57. The van der Waals surface area contributed by atoms with E-state index in [0.717, 1.165) is 25.4 Å². The maximum Gasteiger partial charge on any atom is 0.434 e. The molecule has 1 saturated carbocycles. The first kappa shape index (κ1) is 25.8. The monoisotopic (exact) mass is 557 g/mol. The molecule has 4 heterocycles. The van der Waals surface area contributed by atoms with Crippen LogP contribution in [0.15, 0.2) is 49.2 Å². The predicted molar refractivity (Wildman–Crippen MR) is 131 cm³/mol. The Morgan fingerprint density at radius 2 is 1.82 bits per heavy atom. The first-order valence-corrected chi connectivity index (χ1v) is 12.1. The molecule has 2 N–H and O–H groups in total. The molecule has 14 heteroatoms. The number of aliphatic hydroxyl groups excluding tert-OH is 1. The van der Waals surface area contributed by atoms with E-state index >= 15 is 0 Å². The standard InChI is InChI=1S/C26H20F5N7O2/c1-38-10-17(26(29,30)31)36-23(38)14-6-4-13(5-7-14)21(39)15-8-32-16-9-33-22(37-20(15)16)18-19(12-2-3-12)34-11-35-24(18)40-25(27)28/h4-12,21,25,32,39H,2-3H2,1H3/t21-/m0/s1. The molecule has 5 aromatic rings. The lowest BCUT2D eigenvalue weighted by Gasteiger charge is -2.13. The number of fused-ring (bicyclic) bond motifs is 1. The molecule has 1 atom stereocenters. The van der Waals surface area contributed by atoms with E-state index in [9.17, 15) is 27.1 Å². The second-order valence-corrected chi connectivity index (χ2v) is 9.37. The van der Waals surface area contributed by atoms with Crippen molar-refractivity contribution in [3.05, 3.63) is 71.7 Å². The fourth-order valence-electron chi connectivity index (χ4n) is 4.56. The van der Waals surface area contributed by atoms with Crippen molar-refractivity contribution in [2.24, 2.45) is 7.05 Å². The summed E-state index contributed by atoms with van der Waals surface area (Å²) in [6.45, 7) is -3.11. The van der Waals surface area contributed by atoms with Gasteiger partial charge in [-0.3, -0.25) is 0 Å². The summed E-state index contributed by atoms with van der Waals surface area (Å²) < 4.78 is 71.3. The Kier molecular flexibility index (Phi) is 6.21. The summed E-state index contributed by atoms with van der Waals surface area (Å²) in [6.07, 6.45) is 1.01. The summed E-state index contributed by atoms with van der Waals surface area (Å²) in [5, 5.41) is 11.2. The van der Waals surface area contributed by atoms with Crippen LogP contribution in [0.25, 0.3) is 33.8 Å². The van der Waals surface area contributed by atoms with Gasteiger partial charge in [0, 0.05) is 36.5 Å². The average molecular weight is 557 g/mol. The third-order valence-electron chi connectivity index (χ3n) is 6.62. The first-order valence-electron chi connectivity index (χ1n) is 12.1. The molecule has 0 saturated heterocycles. The van der Waals surface area contributed by atoms with Gasteiger partial charge in [-0.05, 0) is 18.4 Å². The number of aromatic amines is 1. The smallest absolute Gasteiger partial charge is 0.416 e. The lowest BCUT2D eigenvalue weighted by Crippen LogP contribution is -2.08. The van der Waals surface area contributed by atoms with Gasteiger partial charge in [-0.1, -0.05) is 24.3 Å². The van der Waals surface area contributed by atoms with Crippen LogP contribution in [0.5, 0.6) is 5.88 Å². The second kappa shape index (κ2) is 9.62. The number of imidazole rings is 1. The van der Waals surface area contributed by atoms with Crippen molar-refractivity contribution < 1.29 is 31.8 Å². The Morgan fingerprint density at radius 3 is 2.48 bits per heavy atom. The zero-order valence-electron chi connectivity index (χ0n) is 20.7. The molecular weight excluding hydrogens is 537 g/mol. The van der Waals surface area contributed by atoms with Gasteiger partial charge >= 0.3 is 12.8 Å². The van der Waals surface area contributed by atoms with Crippen LogP contribution in [0, 0.1) is 0 Å². The van der Waals surface area contributed by atoms with Crippen molar-refractivity contribution in [2.45, 2.75) is 37.7 Å². The number of nitrogens with zero attached hydrogens (tertiary/aromatic N) is 6. The summed E-state index contributed by atoms with van der Waals surface area (Å²) >= 11 is 0. The van der Waals surface area contributed by atoms with Gasteiger partial charge in [-0.2, -0.15) is 22.0 Å². The fourth-order valence-corrected chi connectivity index (χ4v) is 4.56. The number of nitrogens with one attached hydrogen (secondary N) is 1. The Bertz CT molecular complexity index is 1690. The number of aromatic nitrogens is 7. The summed E-state index contributed by atoms with van der Waals surface area (Å²) in [4.78, 5) is 23.7. The number of benzene rings is 1. The molecule has 1 aliphatic carbocycles. The van der Waals surface area contributed by atoms with E-state index in [-0.39, 0.29) is 29.0 Å². The van der Waals surface area contributed by atoms with E-state index in [1.807, 2.05) is 0 Å².